The predicted molar refractivity (Wildman–Crippen MR) is 80.8 cm³/mol. The van der Waals surface area contributed by atoms with Crippen molar-refractivity contribution in [2.24, 2.45) is 0 Å². The molecule has 0 aliphatic carbocycles. The summed E-state index contributed by atoms with van der Waals surface area (Å²) in [4.78, 5) is 20.3. The van der Waals surface area contributed by atoms with E-state index in [-0.39, 0.29) is 5.91 Å². The van der Waals surface area contributed by atoms with Gasteiger partial charge in [0.2, 0.25) is 0 Å². The standard InChI is InChI=1S/C15H16ClN3O2/c1-11-3-9-21-14(11)15(20)19-7-5-18(6-8-19)13-2-4-17-10-12(13)16/h2-4,9-10H,5-8H2,1H3. The second kappa shape index (κ2) is 5.77. The van der Waals surface area contributed by atoms with Crippen LogP contribution in [-0.4, -0.2) is 42.0 Å². The van der Waals surface area contributed by atoms with Gasteiger partial charge < -0.3 is 14.2 Å². The maximum Gasteiger partial charge on any atom is 0.289 e. The highest BCUT2D eigenvalue weighted by molar-refractivity contribution is 6.33. The van der Waals surface area contributed by atoms with E-state index in [1.807, 2.05) is 17.9 Å². The lowest BCUT2D eigenvalue weighted by Crippen LogP contribution is -2.49. The second-order valence-corrected chi connectivity index (χ2v) is 5.45. The maximum atomic E-state index is 12.4. The fourth-order valence-corrected chi connectivity index (χ4v) is 2.75. The zero-order valence-corrected chi connectivity index (χ0v) is 12.5. The number of furan rings is 1. The molecule has 0 radical (unpaired) electrons. The number of aryl methyl sites for hydroxylation is 1. The molecule has 2 aromatic heterocycles. The van der Waals surface area contributed by atoms with Crippen molar-refractivity contribution in [3.8, 4) is 0 Å². The monoisotopic (exact) mass is 305 g/mol. The van der Waals surface area contributed by atoms with Gasteiger partial charge in [0, 0.05) is 44.1 Å². The third-order valence-corrected chi connectivity index (χ3v) is 4.01. The lowest BCUT2D eigenvalue weighted by molar-refractivity contribution is 0.0713. The largest absolute Gasteiger partial charge is 0.459 e. The summed E-state index contributed by atoms with van der Waals surface area (Å²) in [5.41, 5.74) is 1.84. The highest BCUT2D eigenvalue weighted by Crippen LogP contribution is 2.25. The number of carbonyl (C=O) groups excluding carboxylic acids is 1. The Morgan fingerprint density at radius 1 is 1.29 bits per heavy atom. The Bertz CT molecular complexity index is 648. The Morgan fingerprint density at radius 2 is 2.05 bits per heavy atom. The molecule has 1 saturated heterocycles. The van der Waals surface area contributed by atoms with E-state index in [9.17, 15) is 4.79 Å². The van der Waals surface area contributed by atoms with E-state index in [1.165, 1.54) is 0 Å². The number of hydrogen-bond donors (Lipinski definition) is 0. The van der Waals surface area contributed by atoms with Gasteiger partial charge in [0.05, 0.1) is 17.0 Å². The summed E-state index contributed by atoms with van der Waals surface area (Å²) >= 11 is 6.16. The molecular weight excluding hydrogens is 290 g/mol. The molecule has 1 amide bonds. The fraction of sp³-hybridized carbons (Fsp3) is 0.333. The first-order chi connectivity index (χ1) is 10.2. The molecule has 0 unspecified atom stereocenters. The minimum Gasteiger partial charge on any atom is -0.459 e. The first kappa shape index (κ1) is 13.9. The van der Waals surface area contributed by atoms with Gasteiger partial charge in [-0.25, -0.2) is 0 Å². The molecule has 1 fully saturated rings. The quantitative estimate of drug-likeness (QED) is 0.856. The van der Waals surface area contributed by atoms with Crippen molar-refractivity contribution < 1.29 is 9.21 Å². The molecule has 110 valence electrons. The molecule has 1 aliphatic heterocycles. The van der Waals surface area contributed by atoms with Crippen LogP contribution >= 0.6 is 11.6 Å². The molecule has 3 rings (SSSR count). The number of carbonyl (C=O) groups is 1. The van der Waals surface area contributed by atoms with Crippen LogP contribution in [0.25, 0.3) is 0 Å². The van der Waals surface area contributed by atoms with E-state index < -0.39 is 0 Å². The Hall–Kier alpha value is -2.01. The lowest BCUT2D eigenvalue weighted by atomic mass is 10.2. The van der Waals surface area contributed by atoms with Gasteiger partial charge in [-0.2, -0.15) is 0 Å². The number of piperazine rings is 1. The van der Waals surface area contributed by atoms with Gasteiger partial charge in [0.15, 0.2) is 5.76 Å². The van der Waals surface area contributed by atoms with Crippen molar-refractivity contribution in [2.75, 3.05) is 31.1 Å². The molecule has 0 spiro atoms. The average molecular weight is 306 g/mol. The summed E-state index contributed by atoms with van der Waals surface area (Å²) in [5.74, 6) is 0.392. The summed E-state index contributed by atoms with van der Waals surface area (Å²) in [7, 11) is 0. The Labute approximate surface area is 128 Å². The van der Waals surface area contributed by atoms with Crippen molar-refractivity contribution in [1.82, 2.24) is 9.88 Å². The van der Waals surface area contributed by atoms with Crippen LogP contribution in [0, 0.1) is 6.92 Å². The molecule has 0 atom stereocenters. The van der Waals surface area contributed by atoms with Crippen molar-refractivity contribution in [2.45, 2.75) is 6.92 Å². The van der Waals surface area contributed by atoms with Gasteiger partial charge in [-0.1, -0.05) is 11.6 Å². The third kappa shape index (κ3) is 2.74. The van der Waals surface area contributed by atoms with Gasteiger partial charge in [-0.15, -0.1) is 0 Å². The van der Waals surface area contributed by atoms with Gasteiger partial charge in [0.25, 0.3) is 5.91 Å². The van der Waals surface area contributed by atoms with Crippen molar-refractivity contribution in [1.29, 1.82) is 0 Å². The zero-order chi connectivity index (χ0) is 14.8. The number of nitrogens with zero attached hydrogens (tertiary/aromatic N) is 3. The van der Waals surface area contributed by atoms with E-state index in [0.29, 0.717) is 23.9 Å². The van der Waals surface area contributed by atoms with Gasteiger partial charge in [-0.3, -0.25) is 9.78 Å². The molecule has 0 N–H and O–H groups in total. The van der Waals surface area contributed by atoms with Crippen LogP contribution in [0.3, 0.4) is 0 Å². The molecule has 0 bridgehead atoms. The lowest BCUT2D eigenvalue weighted by Gasteiger charge is -2.36. The number of rotatable bonds is 2. The van der Waals surface area contributed by atoms with E-state index in [1.54, 1.807) is 24.7 Å². The van der Waals surface area contributed by atoms with E-state index in [0.717, 1.165) is 24.3 Å². The minimum atomic E-state index is -0.0435. The van der Waals surface area contributed by atoms with Crippen LogP contribution in [0.4, 0.5) is 5.69 Å². The summed E-state index contributed by atoms with van der Waals surface area (Å²) in [5, 5.41) is 0.638. The molecule has 1 aliphatic rings. The van der Waals surface area contributed by atoms with Crippen LogP contribution in [0.5, 0.6) is 0 Å². The first-order valence-corrected chi connectivity index (χ1v) is 7.22. The molecular formula is C15H16ClN3O2. The minimum absolute atomic E-state index is 0.0435. The Balaban J connectivity index is 1.67. The van der Waals surface area contributed by atoms with Crippen LogP contribution in [0.2, 0.25) is 5.02 Å². The summed E-state index contributed by atoms with van der Waals surface area (Å²) < 4.78 is 5.28. The molecule has 2 aromatic rings. The number of halogens is 1. The van der Waals surface area contributed by atoms with E-state index in [4.69, 9.17) is 16.0 Å². The first-order valence-electron chi connectivity index (χ1n) is 6.84. The fourth-order valence-electron chi connectivity index (χ4n) is 2.51. The van der Waals surface area contributed by atoms with E-state index >= 15 is 0 Å². The third-order valence-electron chi connectivity index (χ3n) is 3.71. The average Bonchev–Trinajstić information content (AvgIpc) is 2.93. The number of pyridine rings is 1. The Kier molecular flexibility index (Phi) is 3.84. The van der Waals surface area contributed by atoms with Gasteiger partial charge in [0.1, 0.15) is 0 Å². The smallest absolute Gasteiger partial charge is 0.289 e. The predicted octanol–water partition coefficient (Wildman–Crippen LogP) is 2.60. The summed E-state index contributed by atoms with van der Waals surface area (Å²) in [6.45, 7) is 4.67. The second-order valence-electron chi connectivity index (χ2n) is 5.04. The summed E-state index contributed by atoms with van der Waals surface area (Å²) in [6.07, 6.45) is 4.92. The van der Waals surface area contributed by atoms with Crippen molar-refractivity contribution in [3.05, 3.63) is 47.1 Å². The summed E-state index contributed by atoms with van der Waals surface area (Å²) in [6, 6.07) is 3.71. The highest BCUT2D eigenvalue weighted by atomic mass is 35.5. The van der Waals surface area contributed by atoms with Crippen LogP contribution in [-0.2, 0) is 0 Å². The molecule has 5 nitrogen and oxygen atoms in total. The topological polar surface area (TPSA) is 49.6 Å². The van der Waals surface area contributed by atoms with Crippen molar-refractivity contribution >= 4 is 23.2 Å². The number of aromatic nitrogens is 1. The number of hydrogen-bond acceptors (Lipinski definition) is 4. The van der Waals surface area contributed by atoms with Gasteiger partial charge >= 0.3 is 0 Å². The van der Waals surface area contributed by atoms with Crippen molar-refractivity contribution in [3.63, 3.8) is 0 Å². The number of anilines is 1. The van der Waals surface area contributed by atoms with E-state index in [2.05, 4.69) is 9.88 Å². The molecule has 6 heteroatoms. The zero-order valence-electron chi connectivity index (χ0n) is 11.8. The normalized spacial score (nSPS) is 15.3. The maximum absolute atomic E-state index is 12.4. The van der Waals surface area contributed by atoms with Crippen LogP contribution in [0.15, 0.2) is 35.2 Å². The molecule has 21 heavy (non-hydrogen) atoms. The molecule has 0 saturated carbocycles. The molecule has 3 heterocycles. The van der Waals surface area contributed by atoms with Gasteiger partial charge in [-0.05, 0) is 19.1 Å². The van der Waals surface area contributed by atoms with Crippen LogP contribution in [0.1, 0.15) is 16.1 Å². The Morgan fingerprint density at radius 3 is 2.67 bits per heavy atom. The highest BCUT2D eigenvalue weighted by Gasteiger charge is 2.25. The number of amides is 1. The molecule has 0 aromatic carbocycles. The SMILES string of the molecule is Cc1ccoc1C(=O)N1CCN(c2ccncc2Cl)CC1. The van der Waals surface area contributed by atoms with Crippen LogP contribution < -0.4 is 4.90 Å².